The first-order valence-electron chi connectivity index (χ1n) is 11.0. The summed E-state index contributed by atoms with van der Waals surface area (Å²) in [5.41, 5.74) is 1.43. The lowest BCUT2D eigenvalue weighted by atomic mass is 9.91. The Balaban J connectivity index is 1.82. The standard InChI is InChI=1S/C25H34N2O4Si/c1-18(31-32(5,6)25(2,3)4)21-22(26-23(21)28)27(24(29)20-15-11-8-12-16-20)30-17-19-13-9-7-10-14-19/h7-16,18,21-22H,17H2,1-6H3,(H,26,28)/t18-,21-,22-/m1/s1. The van der Waals surface area contributed by atoms with E-state index < -0.39 is 20.4 Å². The molecule has 1 aliphatic heterocycles. The van der Waals surface area contributed by atoms with Gasteiger partial charge in [-0.15, -0.1) is 0 Å². The first kappa shape index (κ1) is 24.2. The Hall–Kier alpha value is -2.48. The molecule has 1 fully saturated rings. The number of hydrogen-bond donors (Lipinski definition) is 1. The third-order valence-corrected chi connectivity index (χ3v) is 11.0. The molecule has 3 rings (SSSR count). The highest BCUT2D eigenvalue weighted by Crippen LogP contribution is 2.39. The van der Waals surface area contributed by atoms with Crippen molar-refractivity contribution in [3.63, 3.8) is 0 Å². The van der Waals surface area contributed by atoms with Gasteiger partial charge in [0, 0.05) is 5.56 Å². The highest BCUT2D eigenvalue weighted by molar-refractivity contribution is 6.74. The molecule has 3 atom stereocenters. The molecule has 0 unspecified atom stereocenters. The summed E-state index contributed by atoms with van der Waals surface area (Å²) in [7, 11) is -2.09. The number of rotatable bonds is 8. The minimum atomic E-state index is -2.09. The summed E-state index contributed by atoms with van der Waals surface area (Å²) in [4.78, 5) is 31.9. The van der Waals surface area contributed by atoms with Gasteiger partial charge in [-0.1, -0.05) is 69.3 Å². The van der Waals surface area contributed by atoms with Crippen LogP contribution in [0.5, 0.6) is 0 Å². The molecular formula is C25H34N2O4Si. The largest absolute Gasteiger partial charge is 0.413 e. The highest BCUT2D eigenvalue weighted by Gasteiger charge is 2.51. The van der Waals surface area contributed by atoms with Gasteiger partial charge in [-0.3, -0.25) is 14.4 Å². The van der Waals surface area contributed by atoms with Crippen molar-refractivity contribution < 1.29 is 18.9 Å². The van der Waals surface area contributed by atoms with Gasteiger partial charge in [-0.2, -0.15) is 5.06 Å². The van der Waals surface area contributed by atoms with Crippen LogP contribution in [-0.4, -0.2) is 37.5 Å². The van der Waals surface area contributed by atoms with Gasteiger partial charge in [0.1, 0.15) is 18.7 Å². The molecule has 0 saturated carbocycles. The van der Waals surface area contributed by atoms with Crippen molar-refractivity contribution >= 4 is 20.1 Å². The van der Waals surface area contributed by atoms with E-state index in [0.29, 0.717) is 5.56 Å². The zero-order chi connectivity index (χ0) is 23.5. The molecule has 1 N–H and O–H groups in total. The smallest absolute Gasteiger partial charge is 0.279 e. The first-order valence-corrected chi connectivity index (χ1v) is 14.0. The number of benzene rings is 2. The number of carbonyl (C=O) groups excluding carboxylic acids is 2. The minimum Gasteiger partial charge on any atom is -0.413 e. The van der Waals surface area contributed by atoms with Gasteiger partial charge in [0.25, 0.3) is 5.91 Å². The quantitative estimate of drug-likeness (QED) is 0.355. The maximum absolute atomic E-state index is 13.3. The van der Waals surface area contributed by atoms with Crippen LogP contribution in [0, 0.1) is 5.92 Å². The molecule has 7 heteroatoms. The van der Waals surface area contributed by atoms with Gasteiger partial charge in [0.2, 0.25) is 5.91 Å². The molecule has 0 bridgehead atoms. The minimum absolute atomic E-state index is 0.0142. The molecular weight excluding hydrogens is 420 g/mol. The fraction of sp³-hybridized carbons (Fsp3) is 0.440. The Bertz CT molecular complexity index is 928. The molecule has 0 aromatic heterocycles. The summed E-state index contributed by atoms with van der Waals surface area (Å²) in [5, 5.41) is 4.18. The monoisotopic (exact) mass is 454 g/mol. The lowest BCUT2D eigenvalue weighted by Gasteiger charge is -2.47. The normalized spacial score (nSPS) is 19.6. The number of nitrogens with one attached hydrogen (secondary N) is 1. The maximum atomic E-state index is 13.3. The van der Waals surface area contributed by atoms with Gasteiger partial charge in [-0.25, -0.2) is 0 Å². The average Bonchev–Trinajstić information content (AvgIpc) is 2.72. The van der Waals surface area contributed by atoms with Crippen LogP contribution in [0.1, 0.15) is 43.6 Å². The van der Waals surface area contributed by atoms with Gasteiger partial charge in [-0.05, 0) is 42.8 Å². The summed E-state index contributed by atoms with van der Waals surface area (Å²) in [5.74, 6) is -0.931. The third-order valence-electron chi connectivity index (χ3n) is 6.41. The third kappa shape index (κ3) is 5.28. The van der Waals surface area contributed by atoms with Crippen LogP contribution >= 0.6 is 0 Å². The van der Waals surface area contributed by atoms with Crippen LogP contribution in [0.3, 0.4) is 0 Å². The molecule has 6 nitrogen and oxygen atoms in total. The predicted octanol–water partition coefficient (Wildman–Crippen LogP) is 4.74. The van der Waals surface area contributed by atoms with E-state index in [9.17, 15) is 9.59 Å². The van der Waals surface area contributed by atoms with Crippen molar-refractivity contribution in [3.8, 4) is 0 Å². The van der Waals surface area contributed by atoms with E-state index in [1.54, 1.807) is 12.1 Å². The first-order chi connectivity index (χ1) is 15.0. The van der Waals surface area contributed by atoms with E-state index in [2.05, 4.69) is 39.2 Å². The molecule has 0 aliphatic carbocycles. The SMILES string of the molecule is C[C@@H](O[Si](C)(C)C(C)(C)C)[C@H]1C(=O)N[C@@H]1N(OCc1ccccc1)C(=O)c1ccccc1. The fourth-order valence-electron chi connectivity index (χ4n) is 3.46. The van der Waals surface area contributed by atoms with Gasteiger partial charge >= 0.3 is 0 Å². The van der Waals surface area contributed by atoms with Gasteiger partial charge < -0.3 is 9.74 Å². The summed E-state index contributed by atoms with van der Waals surface area (Å²) in [6.45, 7) is 13.0. The second kappa shape index (κ2) is 9.56. The van der Waals surface area contributed by atoms with Gasteiger partial charge in [0.15, 0.2) is 8.32 Å². The summed E-state index contributed by atoms with van der Waals surface area (Å²) in [6.07, 6.45) is -0.945. The molecule has 1 aliphatic rings. The Morgan fingerprint density at radius 1 is 1.06 bits per heavy atom. The molecule has 32 heavy (non-hydrogen) atoms. The average molecular weight is 455 g/mol. The molecule has 2 amide bonds. The Morgan fingerprint density at radius 2 is 1.62 bits per heavy atom. The van der Waals surface area contributed by atoms with E-state index in [0.717, 1.165) is 5.56 Å². The number of β-lactam (4-membered cyclic amide) rings is 1. The summed E-state index contributed by atoms with van der Waals surface area (Å²) in [6, 6.07) is 18.6. The lowest BCUT2D eigenvalue weighted by Crippen LogP contribution is -2.70. The van der Waals surface area contributed by atoms with E-state index in [-0.39, 0.29) is 29.6 Å². The van der Waals surface area contributed by atoms with Crippen LogP contribution in [0.15, 0.2) is 60.7 Å². The summed E-state index contributed by atoms with van der Waals surface area (Å²) < 4.78 is 6.49. The van der Waals surface area contributed by atoms with Crippen molar-refractivity contribution in [2.24, 2.45) is 5.92 Å². The van der Waals surface area contributed by atoms with Crippen LogP contribution in [-0.2, 0) is 20.7 Å². The second-order valence-electron chi connectivity index (χ2n) is 9.82. The number of amides is 2. The van der Waals surface area contributed by atoms with Crippen LogP contribution in [0.2, 0.25) is 18.1 Å². The highest BCUT2D eigenvalue weighted by atomic mass is 28.4. The van der Waals surface area contributed by atoms with Gasteiger partial charge in [0.05, 0.1) is 6.10 Å². The molecule has 1 saturated heterocycles. The second-order valence-corrected chi connectivity index (χ2v) is 14.6. The van der Waals surface area contributed by atoms with Crippen molar-refractivity contribution in [2.45, 2.75) is 64.7 Å². The molecule has 2 aromatic carbocycles. The maximum Gasteiger partial charge on any atom is 0.279 e. The van der Waals surface area contributed by atoms with Crippen molar-refractivity contribution in [2.75, 3.05) is 0 Å². The van der Waals surface area contributed by atoms with E-state index in [1.165, 1.54) is 5.06 Å². The summed E-state index contributed by atoms with van der Waals surface area (Å²) >= 11 is 0. The van der Waals surface area contributed by atoms with E-state index >= 15 is 0 Å². The number of carbonyl (C=O) groups is 2. The molecule has 2 aromatic rings. The molecule has 0 spiro atoms. The van der Waals surface area contributed by atoms with Crippen LogP contribution in [0.25, 0.3) is 0 Å². The number of nitrogens with zero attached hydrogens (tertiary/aromatic N) is 1. The number of hydroxylamine groups is 2. The lowest BCUT2D eigenvalue weighted by molar-refractivity contribution is -0.205. The Morgan fingerprint density at radius 3 is 2.16 bits per heavy atom. The van der Waals surface area contributed by atoms with Crippen molar-refractivity contribution in [1.82, 2.24) is 10.4 Å². The predicted molar refractivity (Wildman–Crippen MR) is 127 cm³/mol. The van der Waals surface area contributed by atoms with Crippen molar-refractivity contribution in [3.05, 3.63) is 71.8 Å². The van der Waals surface area contributed by atoms with E-state index in [1.807, 2.05) is 55.5 Å². The van der Waals surface area contributed by atoms with E-state index in [4.69, 9.17) is 9.26 Å². The number of hydrogen-bond acceptors (Lipinski definition) is 4. The zero-order valence-corrected chi connectivity index (χ0v) is 20.8. The fourth-order valence-corrected chi connectivity index (χ4v) is 4.89. The Labute approximate surface area is 192 Å². The molecule has 1 heterocycles. The zero-order valence-electron chi connectivity index (χ0n) is 19.8. The van der Waals surface area contributed by atoms with Crippen LogP contribution < -0.4 is 5.32 Å². The van der Waals surface area contributed by atoms with Crippen molar-refractivity contribution in [1.29, 1.82) is 0 Å². The Kier molecular flexibility index (Phi) is 7.22. The van der Waals surface area contributed by atoms with Crippen LogP contribution in [0.4, 0.5) is 0 Å². The topological polar surface area (TPSA) is 67.9 Å². The molecule has 172 valence electrons. The molecule has 0 radical (unpaired) electrons.